The lowest BCUT2D eigenvalue weighted by Gasteiger charge is -2.08. The molecule has 0 saturated heterocycles. The van der Waals surface area contributed by atoms with Crippen molar-refractivity contribution in [3.63, 3.8) is 0 Å². The number of ether oxygens (including phenoxy) is 1. The molecule has 7 heteroatoms. The first-order valence-corrected chi connectivity index (χ1v) is 10.6. The number of nitrogens with one attached hydrogen (secondary N) is 1. The van der Waals surface area contributed by atoms with Gasteiger partial charge in [-0.2, -0.15) is 0 Å². The van der Waals surface area contributed by atoms with Crippen molar-refractivity contribution in [2.45, 2.75) is 20.1 Å². The van der Waals surface area contributed by atoms with Crippen LogP contribution in [0.4, 0.5) is 4.39 Å². The number of pyridine rings is 1. The van der Waals surface area contributed by atoms with Gasteiger partial charge >= 0.3 is 0 Å². The van der Waals surface area contributed by atoms with Crippen LogP contribution in [-0.4, -0.2) is 15.9 Å². The number of hydrogen-bond donors (Lipinski definition) is 1. The van der Waals surface area contributed by atoms with Crippen LogP contribution in [0.5, 0.6) is 5.75 Å². The van der Waals surface area contributed by atoms with E-state index in [0.717, 1.165) is 16.7 Å². The third kappa shape index (κ3) is 5.32. The van der Waals surface area contributed by atoms with Gasteiger partial charge in [-0.1, -0.05) is 35.9 Å². The predicted molar refractivity (Wildman–Crippen MR) is 118 cm³/mol. The minimum atomic E-state index is -0.446. The van der Waals surface area contributed by atoms with E-state index in [1.54, 1.807) is 36.0 Å². The monoisotopic (exact) mass is 433 g/mol. The molecule has 1 N–H and O–H groups in total. The Morgan fingerprint density at radius 1 is 1.13 bits per heavy atom. The molecular formula is C24H20FN3O2S. The number of rotatable bonds is 7. The number of benzene rings is 2. The van der Waals surface area contributed by atoms with Crippen LogP contribution in [0.15, 0.2) is 72.4 Å². The minimum Gasteiger partial charge on any atom is -0.489 e. The Labute approximate surface area is 183 Å². The number of halogens is 1. The van der Waals surface area contributed by atoms with Gasteiger partial charge in [0.05, 0.1) is 0 Å². The van der Waals surface area contributed by atoms with Gasteiger partial charge in [0.1, 0.15) is 28.9 Å². The second-order valence-corrected chi connectivity index (χ2v) is 7.86. The topological polar surface area (TPSA) is 64.1 Å². The summed E-state index contributed by atoms with van der Waals surface area (Å²) in [4.78, 5) is 20.7. The smallest absolute Gasteiger partial charge is 0.271 e. The Balaban J connectivity index is 1.40. The van der Waals surface area contributed by atoms with Crippen molar-refractivity contribution in [3.05, 3.63) is 101 Å². The number of amides is 1. The van der Waals surface area contributed by atoms with Gasteiger partial charge in [0.25, 0.3) is 5.91 Å². The highest BCUT2D eigenvalue weighted by Gasteiger charge is 2.15. The van der Waals surface area contributed by atoms with E-state index in [-0.39, 0.29) is 11.6 Å². The molecule has 0 aliphatic rings. The molecular weight excluding hydrogens is 413 g/mol. The summed E-state index contributed by atoms with van der Waals surface area (Å²) in [5, 5.41) is 4.85. The van der Waals surface area contributed by atoms with Crippen molar-refractivity contribution in [2.24, 2.45) is 0 Å². The lowest BCUT2D eigenvalue weighted by atomic mass is 10.1. The first kappa shape index (κ1) is 20.7. The van der Waals surface area contributed by atoms with Gasteiger partial charge < -0.3 is 10.1 Å². The summed E-state index contributed by atoms with van der Waals surface area (Å²) < 4.78 is 20.4. The number of carbonyl (C=O) groups excluding carboxylic acids is 1. The van der Waals surface area contributed by atoms with Crippen molar-refractivity contribution in [3.8, 4) is 16.3 Å². The van der Waals surface area contributed by atoms with E-state index in [9.17, 15) is 9.18 Å². The summed E-state index contributed by atoms with van der Waals surface area (Å²) in [5.74, 6) is -0.322. The first-order valence-electron chi connectivity index (χ1n) is 9.69. The molecule has 4 rings (SSSR count). The molecule has 0 unspecified atom stereocenters. The van der Waals surface area contributed by atoms with Crippen molar-refractivity contribution in [1.82, 2.24) is 15.3 Å². The van der Waals surface area contributed by atoms with E-state index >= 15 is 0 Å². The third-order valence-corrected chi connectivity index (χ3v) is 5.45. The summed E-state index contributed by atoms with van der Waals surface area (Å²) in [6, 6.07) is 16.3. The van der Waals surface area contributed by atoms with E-state index in [2.05, 4.69) is 15.3 Å². The van der Waals surface area contributed by atoms with Gasteiger partial charge in [-0.3, -0.25) is 9.78 Å². The molecule has 4 aromatic rings. The van der Waals surface area contributed by atoms with Crippen LogP contribution in [-0.2, 0) is 13.2 Å². The molecule has 31 heavy (non-hydrogen) atoms. The molecule has 156 valence electrons. The predicted octanol–water partition coefficient (Wildman–Crippen LogP) is 5.16. The van der Waals surface area contributed by atoms with Crippen LogP contribution in [0.25, 0.3) is 10.6 Å². The highest BCUT2D eigenvalue weighted by Crippen LogP contribution is 2.29. The molecule has 0 aliphatic carbocycles. The zero-order valence-corrected chi connectivity index (χ0v) is 17.7. The van der Waals surface area contributed by atoms with Gasteiger partial charge in [-0.15, -0.1) is 11.3 Å². The zero-order chi connectivity index (χ0) is 21.6. The molecule has 0 bridgehead atoms. The second kappa shape index (κ2) is 9.49. The van der Waals surface area contributed by atoms with Crippen LogP contribution in [0, 0.1) is 12.7 Å². The third-order valence-electron chi connectivity index (χ3n) is 4.57. The molecule has 2 aromatic heterocycles. The van der Waals surface area contributed by atoms with Crippen molar-refractivity contribution < 1.29 is 13.9 Å². The van der Waals surface area contributed by atoms with Crippen LogP contribution >= 0.6 is 11.3 Å². The average molecular weight is 434 g/mol. The molecule has 1 amide bonds. The largest absolute Gasteiger partial charge is 0.489 e. The first-order chi connectivity index (χ1) is 15.1. The average Bonchev–Trinajstić information content (AvgIpc) is 3.27. The Hall–Kier alpha value is -3.58. The Morgan fingerprint density at radius 3 is 2.77 bits per heavy atom. The van der Waals surface area contributed by atoms with Crippen molar-refractivity contribution in [1.29, 1.82) is 0 Å². The lowest BCUT2D eigenvalue weighted by molar-refractivity contribution is 0.0946. The fourth-order valence-corrected chi connectivity index (χ4v) is 3.83. The van der Waals surface area contributed by atoms with Crippen LogP contribution < -0.4 is 10.1 Å². The normalized spacial score (nSPS) is 10.6. The van der Waals surface area contributed by atoms with Crippen molar-refractivity contribution in [2.75, 3.05) is 0 Å². The minimum absolute atomic E-state index is 0.253. The Morgan fingerprint density at radius 2 is 2.00 bits per heavy atom. The fourth-order valence-electron chi connectivity index (χ4n) is 3.00. The molecule has 0 atom stereocenters. The second-order valence-electron chi connectivity index (χ2n) is 7.00. The maximum atomic E-state index is 14.7. The van der Waals surface area contributed by atoms with Crippen LogP contribution in [0.2, 0.25) is 0 Å². The fraction of sp³-hybridized carbons (Fsp3) is 0.125. The summed E-state index contributed by atoms with van der Waals surface area (Å²) in [7, 11) is 0. The van der Waals surface area contributed by atoms with Gasteiger partial charge in [0.2, 0.25) is 0 Å². The maximum Gasteiger partial charge on any atom is 0.271 e. The number of aromatic nitrogens is 2. The lowest BCUT2D eigenvalue weighted by Crippen LogP contribution is -2.23. The maximum absolute atomic E-state index is 14.7. The summed E-state index contributed by atoms with van der Waals surface area (Å²) in [6.07, 6.45) is 3.36. The quantitative estimate of drug-likeness (QED) is 0.437. The van der Waals surface area contributed by atoms with E-state index in [1.807, 2.05) is 37.3 Å². The molecule has 5 nitrogen and oxygen atoms in total. The Kier molecular flexibility index (Phi) is 6.33. The van der Waals surface area contributed by atoms with E-state index < -0.39 is 5.82 Å². The van der Waals surface area contributed by atoms with Crippen LogP contribution in [0.1, 0.15) is 27.2 Å². The molecule has 0 radical (unpaired) electrons. The number of aryl methyl sites for hydroxylation is 1. The van der Waals surface area contributed by atoms with Gasteiger partial charge in [0.15, 0.2) is 0 Å². The highest BCUT2D eigenvalue weighted by molar-refractivity contribution is 7.13. The van der Waals surface area contributed by atoms with E-state index in [4.69, 9.17) is 4.74 Å². The van der Waals surface area contributed by atoms with Gasteiger partial charge in [-0.05, 0) is 36.2 Å². The molecule has 2 aromatic carbocycles. The van der Waals surface area contributed by atoms with Crippen LogP contribution in [0.3, 0.4) is 0 Å². The molecule has 2 heterocycles. The number of hydrogen-bond acceptors (Lipinski definition) is 5. The molecule has 0 spiro atoms. The molecule has 0 saturated carbocycles. The van der Waals surface area contributed by atoms with Gasteiger partial charge in [0, 0.05) is 35.9 Å². The highest BCUT2D eigenvalue weighted by atomic mass is 32.1. The van der Waals surface area contributed by atoms with Crippen molar-refractivity contribution >= 4 is 17.2 Å². The van der Waals surface area contributed by atoms with E-state index in [0.29, 0.717) is 29.5 Å². The zero-order valence-electron chi connectivity index (χ0n) is 16.8. The number of thiazole rings is 1. The summed E-state index contributed by atoms with van der Waals surface area (Å²) in [5.41, 5.74) is 3.64. The number of nitrogens with zero attached hydrogens (tertiary/aromatic N) is 2. The summed E-state index contributed by atoms with van der Waals surface area (Å²) >= 11 is 1.22. The number of carbonyl (C=O) groups is 1. The summed E-state index contributed by atoms with van der Waals surface area (Å²) in [6.45, 7) is 2.72. The standard InChI is InChI=1S/C24H20FN3O2S/c1-16-4-2-5-17(10-16)14-30-19-7-8-20(21(25)11-19)24-28-22(15-31-24)23(29)27-13-18-6-3-9-26-12-18/h2-12,15H,13-14H2,1H3,(H,27,29). The van der Waals surface area contributed by atoms with Gasteiger partial charge in [-0.25, -0.2) is 9.37 Å². The molecule has 0 fully saturated rings. The van der Waals surface area contributed by atoms with E-state index in [1.165, 1.54) is 17.4 Å². The SMILES string of the molecule is Cc1cccc(COc2ccc(-c3nc(C(=O)NCc4cccnc4)cs3)c(F)c2)c1. The Bertz CT molecular complexity index is 1190. The molecule has 0 aliphatic heterocycles.